The van der Waals surface area contributed by atoms with Crippen LogP contribution in [0.15, 0.2) is 51.0 Å². The zero-order valence-corrected chi connectivity index (χ0v) is 63.1. The fraction of sp³-hybridized carbons (Fsp3) is 0.700. The summed E-state index contributed by atoms with van der Waals surface area (Å²) in [6, 6.07) is 5.99. The van der Waals surface area contributed by atoms with Crippen molar-refractivity contribution in [2.24, 2.45) is 78.9 Å². The molecule has 2 fully saturated rings. The summed E-state index contributed by atoms with van der Waals surface area (Å²) in [5.74, 6) is -1.70. The zero-order chi connectivity index (χ0) is 66.9. The number of nitrogens with one attached hydrogen (secondary N) is 2. The first-order chi connectivity index (χ1) is 40.1. The quantitative estimate of drug-likeness (QED) is 0.0734. The minimum Gasteiger partial charge on any atom is -0.537 e. The molecule has 3 heterocycles. The van der Waals surface area contributed by atoms with E-state index in [0.717, 1.165) is 25.7 Å². The number of carbonyl (C=O) groups is 6. The van der Waals surface area contributed by atoms with E-state index in [-0.39, 0.29) is 134 Å². The number of hydrogen-bond donors (Lipinski definition) is 2. The van der Waals surface area contributed by atoms with Gasteiger partial charge in [0.15, 0.2) is 5.91 Å². The van der Waals surface area contributed by atoms with Crippen LogP contribution in [0.5, 0.6) is 0 Å². The van der Waals surface area contributed by atoms with Gasteiger partial charge in [-0.05, 0) is 133 Å². The molecule has 2 N–H and O–H groups in total. The van der Waals surface area contributed by atoms with Crippen molar-refractivity contribution < 1.29 is 70.9 Å². The van der Waals surface area contributed by atoms with E-state index in [1.165, 1.54) is 23.9 Å². The standard InChI is InChI=1S/C63H104N4O8S.C7H5NO3S.Zn/c1-26-63(24,25)57(72)73-27-28-76-38(8)53(68)66-51-47(54(69)74-49-39(58(9,10)11)29-36(6)30-40(49)59(12,13)14)45(34(2)3)43(64-51)33-44-46(35(4)5)48(52(65-44)67-56(71)62(21,22)23)55(70)75-50-41(60(15,16)17)31-37(7)32-42(50)61(18,19)20;9-7-5-3-1-2-4-6(5)12(10,11)8-7;/h33-42,49-50H,26-32H2,1-25H3,(H3,64,65,66,67,68,69,70,71);1-4H,(H,8,9);/q;;+2/p-2. The number of aromatic nitrogens is 1. The molecule has 1 aromatic heterocycles. The number of thioether (sulfide) groups is 1. The molecule has 19 heteroatoms. The number of esters is 3. The number of aliphatic imine (C=N–C) groups is 1. The summed E-state index contributed by atoms with van der Waals surface area (Å²) in [5, 5.41) is 7.50. The monoisotopic (exact) mass is 1320 g/mol. The molecular formula is C70H107N5O11S2Zn. The summed E-state index contributed by atoms with van der Waals surface area (Å²) in [5.41, 5.74) is 0.521. The summed E-state index contributed by atoms with van der Waals surface area (Å²) < 4.78 is 44.5. The number of amidine groups is 1. The number of amides is 3. The average molecular weight is 1320 g/mol. The minimum absolute atomic E-state index is 0. The number of hydrogen-bond acceptors (Lipinski definition) is 12. The van der Waals surface area contributed by atoms with Crippen molar-refractivity contribution in [3.05, 3.63) is 73.5 Å². The van der Waals surface area contributed by atoms with Gasteiger partial charge in [-0.1, -0.05) is 171 Å². The molecule has 0 spiro atoms. The third-order valence-electron chi connectivity index (χ3n) is 18.3. The van der Waals surface area contributed by atoms with Crippen LogP contribution in [0.1, 0.15) is 243 Å². The van der Waals surface area contributed by atoms with E-state index in [2.05, 4.69) is 117 Å². The Labute approximate surface area is 551 Å². The smallest absolute Gasteiger partial charge is 0.537 e. The third-order valence-corrected chi connectivity index (χ3v) is 20.7. The number of carbonyl (C=O) groups excluding carboxylic acids is 6. The van der Waals surface area contributed by atoms with Gasteiger partial charge in [-0.2, -0.15) is 0 Å². The van der Waals surface area contributed by atoms with Gasteiger partial charge in [0.05, 0.1) is 27.0 Å². The number of rotatable bonds is 15. The van der Waals surface area contributed by atoms with E-state index in [4.69, 9.17) is 19.5 Å². The second kappa shape index (κ2) is 29.1. The molecule has 6 rings (SSSR count). The van der Waals surface area contributed by atoms with Gasteiger partial charge in [0.2, 0.25) is 5.91 Å². The van der Waals surface area contributed by atoms with Crippen molar-refractivity contribution in [3.63, 3.8) is 0 Å². The Bertz CT molecular complexity index is 3090. The van der Waals surface area contributed by atoms with Crippen molar-refractivity contribution in [2.45, 2.75) is 233 Å². The van der Waals surface area contributed by atoms with Gasteiger partial charge in [-0.3, -0.25) is 14.4 Å². The summed E-state index contributed by atoms with van der Waals surface area (Å²) in [7, 11) is -3.68. The van der Waals surface area contributed by atoms with E-state index < -0.39 is 56.0 Å². The van der Waals surface area contributed by atoms with E-state index in [0.29, 0.717) is 46.5 Å². The third kappa shape index (κ3) is 18.8. The van der Waals surface area contributed by atoms with Gasteiger partial charge in [0, 0.05) is 46.1 Å². The van der Waals surface area contributed by atoms with Crippen LogP contribution in [-0.4, -0.2) is 84.7 Å². The maximum absolute atomic E-state index is 15.4. The Morgan fingerprint density at radius 3 is 1.63 bits per heavy atom. The fourth-order valence-corrected chi connectivity index (χ4v) is 14.4. The first-order valence-corrected chi connectivity index (χ1v) is 34.3. The summed E-state index contributed by atoms with van der Waals surface area (Å²) in [4.78, 5) is 90.7. The number of allylic oxidation sites excluding steroid dienone is 1. The maximum Gasteiger partial charge on any atom is 2.00 e. The molecule has 89 heavy (non-hydrogen) atoms. The van der Waals surface area contributed by atoms with Gasteiger partial charge >= 0.3 is 37.4 Å². The Kier molecular flexibility index (Phi) is 25.2. The second-order valence-corrected chi connectivity index (χ2v) is 35.0. The molecule has 3 amide bonds. The van der Waals surface area contributed by atoms with E-state index in [9.17, 15) is 27.6 Å². The number of H-pyrrole nitrogens is 1. The van der Waals surface area contributed by atoms with Crippen molar-refractivity contribution >= 4 is 75.1 Å². The fourth-order valence-electron chi connectivity index (χ4n) is 12.6. The Hall–Kier alpha value is -4.61. The van der Waals surface area contributed by atoms with E-state index in [1.54, 1.807) is 19.1 Å². The number of ether oxygens (including phenoxy) is 3. The van der Waals surface area contributed by atoms with Crippen LogP contribution in [0.2, 0.25) is 0 Å². The van der Waals surface area contributed by atoms with Gasteiger partial charge in [-0.25, -0.2) is 18.0 Å². The van der Waals surface area contributed by atoms with Crippen LogP contribution in [-0.2, 0) is 62.9 Å². The summed E-state index contributed by atoms with van der Waals surface area (Å²) in [6.45, 7) is 52.1. The first-order valence-electron chi connectivity index (χ1n) is 31.8. The average Bonchev–Trinajstić information content (AvgIpc) is 2.00. The number of fused-ring (bicyclic) bond motifs is 1. The molecule has 1 aromatic carbocycles. The van der Waals surface area contributed by atoms with E-state index in [1.807, 2.05) is 75.3 Å². The van der Waals surface area contributed by atoms with Crippen molar-refractivity contribution in [1.29, 1.82) is 0 Å². The molecule has 0 saturated heterocycles. The van der Waals surface area contributed by atoms with Crippen LogP contribution < -0.4 is 5.32 Å². The Morgan fingerprint density at radius 2 is 1.20 bits per heavy atom. The van der Waals surface area contributed by atoms with Crippen LogP contribution in [0.4, 0.5) is 5.82 Å². The molecular weight excluding hydrogens is 1220 g/mol. The topological polar surface area (TPSA) is 233 Å². The van der Waals surface area contributed by atoms with Crippen molar-refractivity contribution in [3.8, 4) is 0 Å². The molecule has 16 nitrogen and oxygen atoms in total. The van der Waals surface area contributed by atoms with Gasteiger partial charge in [0.25, 0.3) is 0 Å². The number of benzene rings is 1. The second-order valence-electron chi connectivity index (χ2n) is 32.0. The molecule has 2 saturated carbocycles. The van der Waals surface area contributed by atoms with Crippen LogP contribution in [0.3, 0.4) is 0 Å². The van der Waals surface area contributed by atoms with Crippen molar-refractivity contribution in [2.75, 3.05) is 17.7 Å². The molecule has 0 radical (unpaired) electrons. The van der Waals surface area contributed by atoms with Gasteiger partial charge in [0.1, 0.15) is 40.2 Å². The molecule has 4 aliphatic rings. The van der Waals surface area contributed by atoms with Crippen molar-refractivity contribution in [1.82, 2.24) is 4.98 Å². The molecule has 492 valence electrons. The Balaban J connectivity index is 0.00000115. The molecule has 5 unspecified atom stereocenters. The molecule has 5 atom stereocenters. The molecule has 2 aromatic rings. The maximum atomic E-state index is 15.4. The number of sulfonamides is 1. The number of anilines is 1. The predicted octanol–water partition coefficient (Wildman–Crippen LogP) is 16.7. The van der Waals surface area contributed by atoms with Crippen LogP contribution in [0.25, 0.3) is 16.1 Å². The normalized spacial score (nSPS) is 24.5. The molecule has 2 aliphatic heterocycles. The largest absolute Gasteiger partial charge is 2.00 e. The summed E-state index contributed by atoms with van der Waals surface area (Å²) in [6.07, 6.45) is 5.28. The minimum atomic E-state index is -3.68. The Morgan fingerprint density at radius 1 is 0.730 bits per heavy atom. The zero-order valence-electron chi connectivity index (χ0n) is 58.5. The molecule has 2 aliphatic carbocycles. The predicted molar refractivity (Wildman–Crippen MR) is 355 cm³/mol. The summed E-state index contributed by atoms with van der Waals surface area (Å²) >= 11 is 1.31. The number of aromatic amines is 1. The molecule has 0 bridgehead atoms. The van der Waals surface area contributed by atoms with Gasteiger partial charge < -0.3 is 44.3 Å². The number of nitrogens with zero attached hydrogens (tertiary/aromatic N) is 3. The SMILES string of the molecule is CCC(C)(C)C(=O)OCCSC(C)C(=O)N=C1[N-]/C(=C\c2[nH]c(NC(=O)C(C)(C)C)c(C(=O)OC3C(C(C)(C)C)CC(C)CC3C(C)(C)C)c2C(C)C)C(C(C)C)=C1C(=O)OC1C(C(C)(C)C)CC(C)CC1C(C)(C)C.O=C1[N-]S(=O)(=O)c2ccccc21.[Zn+2]. The van der Waals surface area contributed by atoms with Crippen LogP contribution in [0, 0.1) is 73.9 Å². The van der Waals surface area contributed by atoms with E-state index >= 15 is 9.59 Å². The van der Waals surface area contributed by atoms with Gasteiger partial charge in [-0.15, -0.1) is 11.8 Å². The first kappa shape index (κ1) is 76.8. The van der Waals surface area contributed by atoms with Crippen LogP contribution >= 0.6 is 11.8 Å².